The SMILES string of the molecule is COCc1c(C(=O)N(C)Cc2ccc(SC)c(OC)c2)oc2ccccc12. The Balaban J connectivity index is 1.87. The number of benzene rings is 2. The first-order valence-corrected chi connectivity index (χ1v) is 9.77. The zero-order chi connectivity index (χ0) is 19.4. The second-order valence-electron chi connectivity index (χ2n) is 6.19. The van der Waals surface area contributed by atoms with E-state index in [9.17, 15) is 4.79 Å². The molecule has 0 spiro atoms. The Hall–Kier alpha value is -2.44. The molecule has 0 atom stereocenters. The molecule has 1 aromatic heterocycles. The summed E-state index contributed by atoms with van der Waals surface area (Å²) in [5, 5.41) is 0.905. The van der Waals surface area contributed by atoms with Gasteiger partial charge >= 0.3 is 0 Å². The molecule has 1 heterocycles. The first kappa shape index (κ1) is 19.3. The van der Waals surface area contributed by atoms with Crippen LogP contribution in [-0.4, -0.2) is 38.3 Å². The van der Waals surface area contributed by atoms with Crippen LogP contribution in [0.4, 0.5) is 0 Å². The average molecular weight is 385 g/mol. The van der Waals surface area contributed by atoms with E-state index in [0.29, 0.717) is 24.5 Å². The highest BCUT2D eigenvalue weighted by Gasteiger charge is 2.23. The number of carbonyl (C=O) groups is 1. The van der Waals surface area contributed by atoms with Crippen molar-refractivity contribution < 1.29 is 18.7 Å². The molecular formula is C21H23NO4S. The van der Waals surface area contributed by atoms with Crippen LogP contribution in [0.15, 0.2) is 51.8 Å². The van der Waals surface area contributed by atoms with Crippen LogP contribution in [0, 0.1) is 0 Å². The summed E-state index contributed by atoms with van der Waals surface area (Å²) in [7, 11) is 5.03. The Morgan fingerprint density at radius 2 is 1.96 bits per heavy atom. The van der Waals surface area contributed by atoms with E-state index in [2.05, 4.69) is 0 Å². The normalized spacial score (nSPS) is 11.0. The van der Waals surface area contributed by atoms with Gasteiger partial charge in [0.05, 0.1) is 13.7 Å². The van der Waals surface area contributed by atoms with E-state index in [0.717, 1.165) is 27.2 Å². The van der Waals surface area contributed by atoms with Crippen molar-refractivity contribution in [1.82, 2.24) is 4.90 Å². The lowest BCUT2D eigenvalue weighted by atomic mass is 10.1. The average Bonchev–Trinajstić information content (AvgIpc) is 3.06. The molecule has 0 bridgehead atoms. The number of thioether (sulfide) groups is 1. The number of furan rings is 1. The van der Waals surface area contributed by atoms with Gasteiger partial charge < -0.3 is 18.8 Å². The van der Waals surface area contributed by atoms with Gasteiger partial charge in [0.25, 0.3) is 5.91 Å². The molecule has 0 aliphatic carbocycles. The van der Waals surface area contributed by atoms with Crippen molar-refractivity contribution in [3.63, 3.8) is 0 Å². The number of methoxy groups -OCH3 is 2. The second kappa shape index (κ2) is 8.50. The second-order valence-corrected chi connectivity index (χ2v) is 7.04. The van der Waals surface area contributed by atoms with Crippen LogP contribution in [0.1, 0.15) is 21.7 Å². The molecule has 142 valence electrons. The summed E-state index contributed by atoms with van der Waals surface area (Å²) in [6, 6.07) is 13.6. The number of hydrogen-bond acceptors (Lipinski definition) is 5. The third-order valence-corrected chi connectivity index (χ3v) is 5.17. The lowest BCUT2D eigenvalue weighted by Gasteiger charge is -2.18. The minimum absolute atomic E-state index is 0.175. The van der Waals surface area contributed by atoms with Crippen LogP contribution < -0.4 is 4.74 Å². The molecular weight excluding hydrogens is 362 g/mol. The number of para-hydroxylation sites is 1. The van der Waals surface area contributed by atoms with Gasteiger partial charge in [0.1, 0.15) is 11.3 Å². The van der Waals surface area contributed by atoms with Crippen molar-refractivity contribution in [1.29, 1.82) is 0 Å². The fourth-order valence-corrected chi connectivity index (χ4v) is 3.60. The summed E-state index contributed by atoms with van der Waals surface area (Å²) in [5.74, 6) is 0.962. The predicted molar refractivity (Wildman–Crippen MR) is 107 cm³/mol. The first-order chi connectivity index (χ1) is 13.1. The molecule has 6 heteroatoms. The number of nitrogens with zero attached hydrogens (tertiary/aromatic N) is 1. The molecule has 27 heavy (non-hydrogen) atoms. The number of amides is 1. The van der Waals surface area contributed by atoms with Crippen molar-refractivity contribution in [2.75, 3.05) is 27.5 Å². The molecule has 0 aliphatic rings. The van der Waals surface area contributed by atoms with Crippen LogP contribution in [-0.2, 0) is 17.9 Å². The zero-order valence-electron chi connectivity index (χ0n) is 15.9. The van der Waals surface area contributed by atoms with Gasteiger partial charge in [-0.3, -0.25) is 4.79 Å². The maximum atomic E-state index is 13.0. The minimum Gasteiger partial charge on any atom is -0.496 e. The van der Waals surface area contributed by atoms with Crippen molar-refractivity contribution in [2.45, 2.75) is 18.0 Å². The zero-order valence-corrected chi connectivity index (χ0v) is 16.8. The van der Waals surface area contributed by atoms with Crippen LogP contribution in [0.2, 0.25) is 0 Å². The summed E-state index contributed by atoms with van der Waals surface area (Å²) in [4.78, 5) is 15.7. The Labute approximate surface area is 163 Å². The summed E-state index contributed by atoms with van der Waals surface area (Å²) in [6.45, 7) is 0.773. The number of ether oxygens (including phenoxy) is 2. The maximum absolute atomic E-state index is 13.0. The predicted octanol–water partition coefficient (Wildman–Crippen LogP) is 4.58. The third kappa shape index (κ3) is 3.96. The van der Waals surface area contributed by atoms with E-state index in [-0.39, 0.29) is 5.91 Å². The molecule has 5 nitrogen and oxygen atoms in total. The fourth-order valence-electron chi connectivity index (χ4n) is 3.06. The van der Waals surface area contributed by atoms with E-state index in [1.807, 2.05) is 48.7 Å². The molecule has 1 amide bonds. The largest absolute Gasteiger partial charge is 0.496 e. The Bertz CT molecular complexity index is 951. The van der Waals surface area contributed by atoms with Crippen LogP contribution in [0.25, 0.3) is 11.0 Å². The van der Waals surface area contributed by atoms with Crippen LogP contribution in [0.3, 0.4) is 0 Å². The summed E-state index contributed by atoms with van der Waals surface area (Å²) < 4.78 is 16.6. The van der Waals surface area contributed by atoms with Crippen molar-refractivity contribution in [2.24, 2.45) is 0 Å². The molecule has 0 N–H and O–H groups in total. The highest BCUT2D eigenvalue weighted by molar-refractivity contribution is 7.98. The van der Waals surface area contributed by atoms with Gasteiger partial charge in [0.15, 0.2) is 5.76 Å². The van der Waals surface area contributed by atoms with Crippen molar-refractivity contribution in [3.05, 3.63) is 59.4 Å². The van der Waals surface area contributed by atoms with E-state index >= 15 is 0 Å². The summed E-state index contributed by atoms with van der Waals surface area (Å²) in [6.07, 6.45) is 2.01. The number of fused-ring (bicyclic) bond motifs is 1. The Kier molecular flexibility index (Phi) is 6.08. The smallest absolute Gasteiger partial charge is 0.290 e. The minimum atomic E-state index is -0.175. The summed E-state index contributed by atoms with van der Waals surface area (Å²) in [5.41, 5.74) is 2.46. The van der Waals surface area contributed by atoms with E-state index < -0.39 is 0 Å². The van der Waals surface area contributed by atoms with E-state index in [1.165, 1.54) is 0 Å². The molecule has 2 aromatic carbocycles. The highest BCUT2D eigenvalue weighted by atomic mass is 32.2. The monoisotopic (exact) mass is 385 g/mol. The molecule has 0 fully saturated rings. The lowest BCUT2D eigenvalue weighted by molar-refractivity contribution is 0.0749. The molecule has 3 rings (SSSR count). The fraction of sp³-hybridized carbons (Fsp3) is 0.286. The van der Waals surface area contributed by atoms with Gasteiger partial charge in [0, 0.05) is 36.5 Å². The number of carbonyl (C=O) groups excluding carboxylic acids is 1. The van der Waals surface area contributed by atoms with Crippen LogP contribution >= 0.6 is 11.8 Å². The number of rotatable bonds is 7. The van der Waals surface area contributed by atoms with Crippen molar-refractivity contribution in [3.8, 4) is 5.75 Å². The van der Waals surface area contributed by atoms with Crippen LogP contribution in [0.5, 0.6) is 5.75 Å². The maximum Gasteiger partial charge on any atom is 0.290 e. The topological polar surface area (TPSA) is 51.9 Å². The third-order valence-electron chi connectivity index (χ3n) is 4.40. The van der Waals surface area contributed by atoms with Gasteiger partial charge in [-0.1, -0.05) is 24.3 Å². The molecule has 0 saturated carbocycles. The molecule has 0 unspecified atom stereocenters. The Morgan fingerprint density at radius 3 is 2.67 bits per heavy atom. The molecule has 3 aromatic rings. The lowest BCUT2D eigenvalue weighted by Crippen LogP contribution is -2.26. The molecule has 0 saturated heterocycles. The van der Waals surface area contributed by atoms with Gasteiger partial charge in [-0.25, -0.2) is 0 Å². The van der Waals surface area contributed by atoms with Gasteiger partial charge in [-0.05, 0) is 30.0 Å². The van der Waals surface area contributed by atoms with Gasteiger partial charge in [-0.15, -0.1) is 11.8 Å². The molecule has 0 radical (unpaired) electrons. The first-order valence-electron chi connectivity index (χ1n) is 8.54. The van der Waals surface area contributed by atoms with E-state index in [1.54, 1.807) is 37.9 Å². The standard InChI is InChI=1S/C21H23NO4S/c1-22(12-14-9-10-19(27-4)18(11-14)25-3)21(23)20-16(13-24-2)15-7-5-6-8-17(15)26-20/h5-11H,12-13H2,1-4H3. The van der Waals surface area contributed by atoms with E-state index in [4.69, 9.17) is 13.9 Å². The molecule has 0 aliphatic heterocycles. The van der Waals surface area contributed by atoms with Gasteiger partial charge in [-0.2, -0.15) is 0 Å². The van der Waals surface area contributed by atoms with Gasteiger partial charge in [0.2, 0.25) is 0 Å². The summed E-state index contributed by atoms with van der Waals surface area (Å²) >= 11 is 1.63. The Morgan fingerprint density at radius 1 is 1.19 bits per heavy atom. The van der Waals surface area contributed by atoms with Crippen molar-refractivity contribution >= 4 is 28.6 Å². The highest BCUT2D eigenvalue weighted by Crippen LogP contribution is 2.30. The quantitative estimate of drug-likeness (QED) is 0.557. The number of hydrogen-bond donors (Lipinski definition) is 0.